The number of guanidine groups is 3. The van der Waals surface area contributed by atoms with Crippen LogP contribution in [0.5, 0.6) is 0 Å². The number of nitrogens with two attached hydrogens (primary N) is 3. The molecule has 766 valence electrons. The normalized spacial score (nSPS) is 29.7. The molecule has 0 spiro atoms. The van der Waals surface area contributed by atoms with Crippen LogP contribution in [-0.4, -0.2) is 275 Å². The third-order valence-corrected chi connectivity index (χ3v) is 27.7. The van der Waals surface area contributed by atoms with Gasteiger partial charge in [0.2, 0.25) is 70.9 Å². The lowest BCUT2D eigenvalue weighted by atomic mass is 9.87. The van der Waals surface area contributed by atoms with E-state index in [0.29, 0.717) is 32.8 Å². The molecule has 18 amide bonds. The summed E-state index contributed by atoms with van der Waals surface area (Å²) >= 11 is 0. The molecule has 145 heavy (non-hydrogen) atoms. The highest BCUT2D eigenvalue weighted by molar-refractivity contribution is 6.11. The van der Waals surface area contributed by atoms with E-state index in [2.05, 4.69) is 93.3 Å². The molecule has 4 aromatic carbocycles. The summed E-state index contributed by atoms with van der Waals surface area (Å²) in [5.74, 6) is -13.6. The van der Waals surface area contributed by atoms with Gasteiger partial charge in [0.25, 0.3) is 0 Å². The van der Waals surface area contributed by atoms with Crippen LogP contribution >= 0.6 is 0 Å². The number of benzene rings is 4. The number of unbranched alkanes of at least 4 members (excludes halogenated alkanes) is 3. The molecule has 24 atom stereocenters. The van der Waals surface area contributed by atoms with Gasteiger partial charge in [0.05, 0.1) is 210 Å². The monoisotopic (exact) mass is 1990 g/mol. The third kappa shape index (κ3) is 23.7. The molecular weight excluding hydrogens is 1870 g/mol. The third-order valence-electron chi connectivity index (χ3n) is 27.7. The number of nitrogens with one attached hydrogen (secondary N) is 9. The Morgan fingerprint density at radius 2 is 0.538 bits per heavy atom. The smallest absolute Gasteiger partial charge is 0.379 e. The fourth-order valence-corrected chi connectivity index (χ4v) is 20.7. The quantitative estimate of drug-likeness (QED) is 0.00825. The summed E-state index contributed by atoms with van der Waals surface area (Å²) in [6.45, 7) is 29.9. The van der Waals surface area contributed by atoms with Crippen molar-refractivity contribution in [1.29, 1.82) is 0 Å². The number of ether oxygens (including phenoxy) is 7. The van der Waals surface area contributed by atoms with Crippen molar-refractivity contribution in [3.05, 3.63) is 256 Å². The van der Waals surface area contributed by atoms with Gasteiger partial charge in [0.1, 0.15) is 0 Å². The van der Waals surface area contributed by atoms with E-state index in [9.17, 15) is 71.9 Å². The van der Waals surface area contributed by atoms with E-state index in [1.807, 2.05) is 128 Å². The first-order valence-corrected chi connectivity index (χ1v) is 48.9. The van der Waals surface area contributed by atoms with Crippen LogP contribution in [0.1, 0.15) is 68.2 Å². The van der Waals surface area contributed by atoms with Crippen molar-refractivity contribution in [2.45, 2.75) is 145 Å². The number of fused-ring (bicyclic) bond motifs is 6. The molecule has 0 aliphatic carbocycles. The minimum absolute atomic E-state index is 0.00318. The standard InChI is InChI=1S/C36H38N6O7.C35H44N6O7.C34H42N6O8/c1-3-23-27-29(32(44)41(31(27)43)18-17-38-35(37)40-36(47)39-19-21-11-7-5-8-12-21)25(48-23)15-16-26-30-28(24(4-2)49-26)33(45)42(34(30)46)20-22-13-9-6-10-14-22;1-4-7-8-12-17-38-35(46)39-34(36)37-18-19-40-30(42)26-22(5-2)47-24(28(26)31(40)43)15-16-25-29-27(23(6-3)48-25)32(44)41(33(29)45)20-21-13-10-9-11-14-21;1-4-17-46-18-15-37-34(45)38-33(35)36-14-16-39-29(41)25-21(5-2)47-23(27(25)30(39)42)12-13-24-28-26(22(6-3)48-24)31(43)40(32(28)44)19-20-10-8-7-9-11-20/h3-16,23-30H,1-2,17-20H2,(H4,37,38,39,40,47);5-6,9-11,13-16,22-29H,2-4,7-8,12,17-20H2,1H3,(H4,36,37,38,39,46);5-13,21-28H,2-4,14-19H2,1H3,(H4,35,36,37,38,45)/p+3/b2*16-15-;13-12-. The van der Waals surface area contributed by atoms with Crippen LogP contribution in [0.2, 0.25) is 0 Å². The second-order valence-electron chi connectivity index (χ2n) is 36.7. The van der Waals surface area contributed by atoms with Crippen LogP contribution in [0.15, 0.2) is 234 Å². The summed E-state index contributed by atoms with van der Waals surface area (Å²) in [6, 6.07) is 35.7. The Labute approximate surface area is 839 Å². The maximum absolute atomic E-state index is 13.6. The molecule has 40 heteroatoms. The number of urea groups is 3. The highest BCUT2D eigenvalue weighted by Gasteiger charge is 2.65. The fourth-order valence-electron chi connectivity index (χ4n) is 20.7. The Morgan fingerprint density at radius 3 is 0.786 bits per heavy atom. The number of imide groups is 6. The molecule has 12 heterocycles. The van der Waals surface area contributed by atoms with Crippen molar-refractivity contribution in [3.63, 3.8) is 0 Å². The first-order chi connectivity index (χ1) is 70.1. The van der Waals surface area contributed by atoms with Gasteiger partial charge in [-0.05, 0) is 35.1 Å². The number of nitrogens with zero attached hydrogens (tertiary/aromatic N) is 6. The molecule has 16 rings (SSSR count). The van der Waals surface area contributed by atoms with Gasteiger partial charge in [-0.2, -0.15) is 16.0 Å². The zero-order chi connectivity index (χ0) is 103. The maximum Gasteiger partial charge on any atom is 0.379 e. The predicted octanol–water partition coefficient (Wildman–Crippen LogP) is -1.15. The zero-order valence-corrected chi connectivity index (χ0v) is 80.9. The van der Waals surface area contributed by atoms with E-state index in [-0.39, 0.29) is 118 Å². The lowest BCUT2D eigenvalue weighted by Gasteiger charge is -2.20. The Balaban J connectivity index is 0.000000172. The molecule has 12 saturated heterocycles. The van der Waals surface area contributed by atoms with E-state index < -0.39 is 192 Å². The molecule has 12 aliphatic rings. The molecule has 0 radical (unpaired) electrons. The van der Waals surface area contributed by atoms with E-state index in [0.717, 1.165) is 64.2 Å². The van der Waals surface area contributed by atoms with Crippen molar-refractivity contribution >= 4 is 107 Å². The van der Waals surface area contributed by atoms with Gasteiger partial charge in [-0.15, -0.1) is 39.5 Å². The summed E-state index contributed by atoms with van der Waals surface area (Å²) in [4.78, 5) is 214. The Bertz CT molecular complexity index is 5520. The SMILES string of the molecule is C=CC1OC(/C=C\C2OC(C=C)C3C(=O)N(Cc4ccccc4)C(=O)C23)C2C(=O)N(CC[NH+]=C(N)NC(=O)NCCCCCC)C(=O)C12.C=CC1OC(/C=C\C2OC(C=C)C3C(=O)N(Cc4ccccc4)C(=O)C23)C2C(=O)N(CC[NH+]=C(N)NC(=O)NCCOCCC)C(=O)C12.C=CC1OC(/C=C\C2OC(C=C)C3C(=O)N(Cc4ccccc4)C(=O)C23)C2C(=O)N(CC[NH+]=C(N)NC(=O)NCc3ccccc3)C(=O)C12. The topological polar surface area (TPSA) is 532 Å². The minimum atomic E-state index is -0.821. The average molecular weight is 1990 g/mol. The van der Waals surface area contributed by atoms with E-state index in [1.165, 1.54) is 56.1 Å². The zero-order valence-electron chi connectivity index (χ0n) is 80.9. The second kappa shape index (κ2) is 49.1. The van der Waals surface area contributed by atoms with Gasteiger partial charge in [-0.25, -0.2) is 14.4 Å². The van der Waals surface area contributed by atoms with Crippen LogP contribution < -0.4 is 64.1 Å². The number of hydrogen-bond acceptors (Lipinski definition) is 22. The summed E-state index contributed by atoms with van der Waals surface area (Å²) in [5, 5.41) is 15.5. The van der Waals surface area contributed by atoms with Gasteiger partial charge in [0.15, 0.2) is 0 Å². The molecule has 12 fully saturated rings. The summed E-state index contributed by atoms with van der Waals surface area (Å²) in [6.07, 6.45) is 15.2. The Hall–Kier alpha value is -14.7. The Kier molecular flexibility index (Phi) is 35.9. The summed E-state index contributed by atoms with van der Waals surface area (Å²) < 4.78 is 41.8. The average Bonchev–Trinajstić information content (AvgIpc) is 1.61. The molecular formula is C105H127N18O22+3. The number of likely N-dealkylation sites (tertiary alicyclic amines) is 6. The van der Waals surface area contributed by atoms with E-state index >= 15 is 0 Å². The number of carbonyl (C=O) groups is 15. The van der Waals surface area contributed by atoms with Crippen LogP contribution in [0.3, 0.4) is 0 Å². The number of hydrogen-bond donors (Lipinski definition) is 12. The lowest BCUT2D eigenvalue weighted by molar-refractivity contribution is -0.459. The predicted molar refractivity (Wildman–Crippen MR) is 524 cm³/mol. The fraction of sp³-hybridized carbons (Fsp3) is 0.429. The molecule has 0 bridgehead atoms. The van der Waals surface area contributed by atoms with Gasteiger partial charge < -0.3 is 49.1 Å². The first-order valence-electron chi connectivity index (χ1n) is 48.9. The molecule has 12 aliphatic heterocycles. The van der Waals surface area contributed by atoms with Gasteiger partial charge in [-0.3, -0.25) is 119 Å². The van der Waals surface area contributed by atoms with Crippen molar-refractivity contribution < 1.29 is 120 Å². The molecule has 0 aromatic heterocycles. The summed E-state index contributed by atoms with van der Waals surface area (Å²) in [5.41, 5.74) is 21.1. The van der Waals surface area contributed by atoms with E-state index in [4.69, 9.17) is 50.4 Å². The molecule has 40 nitrogen and oxygen atoms in total. The largest absolute Gasteiger partial charge is 0.380 e. The number of amides is 18. The Morgan fingerprint density at radius 1 is 0.303 bits per heavy atom. The van der Waals surface area contributed by atoms with Crippen LogP contribution in [0, 0.1) is 71.0 Å². The maximum atomic E-state index is 13.6. The van der Waals surface area contributed by atoms with Crippen molar-refractivity contribution in [3.8, 4) is 0 Å². The lowest BCUT2D eigenvalue weighted by Crippen LogP contribution is -2.81. The van der Waals surface area contributed by atoms with Gasteiger partial charge in [0, 0.05) is 26.2 Å². The van der Waals surface area contributed by atoms with Crippen LogP contribution in [0.4, 0.5) is 14.4 Å². The summed E-state index contributed by atoms with van der Waals surface area (Å²) in [7, 11) is 0. The highest BCUT2D eigenvalue weighted by Crippen LogP contribution is 2.49. The minimum Gasteiger partial charge on any atom is -0.380 e. The first kappa shape index (κ1) is 106. The molecule has 0 saturated carbocycles. The highest BCUT2D eigenvalue weighted by atomic mass is 16.5. The number of carbonyl (C=O) groups excluding carboxylic acids is 15. The molecule has 4 aromatic rings. The van der Waals surface area contributed by atoms with Gasteiger partial charge in [-0.1, -0.05) is 227 Å². The van der Waals surface area contributed by atoms with Crippen LogP contribution in [0.25, 0.3) is 0 Å². The number of rotatable bonds is 39. The van der Waals surface area contributed by atoms with Crippen molar-refractivity contribution in [1.82, 2.24) is 61.3 Å². The van der Waals surface area contributed by atoms with Gasteiger partial charge >= 0.3 is 36.0 Å². The molecule has 15 N–H and O–H groups in total. The van der Waals surface area contributed by atoms with Crippen molar-refractivity contribution in [2.75, 3.05) is 65.6 Å². The van der Waals surface area contributed by atoms with Crippen molar-refractivity contribution in [2.24, 2.45) is 88.2 Å². The second-order valence-corrected chi connectivity index (χ2v) is 36.7. The molecule has 24 unspecified atom stereocenters. The van der Waals surface area contributed by atoms with E-state index in [1.54, 1.807) is 36.5 Å². The van der Waals surface area contributed by atoms with Crippen LogP contribution in [-0.2, 0) is 117 Å².